The van der Waals surface area contributed by atoms with Gasteiger partial charge in [-0.1, -0.05) is 0 Å². The van der Waals surface area contributed by atoms with Crippen LogP contribution in [0, 0.1) is 10.1 Å². The number of carbonyl (C=O) groups excluding carboxylic acids is 2. The number of carbonyl (C=O) groups is 2. The van der Waals surface area contributed by atoms with E-state index >= 15 is 0 Å². The monoisotopic (exact) mass is 476 g/mol. The molecule has 0 saturated carbocycles. The molecule has 0 spiro atoms. The van der Waals surface area contributed by atoms with Gasteiger partial charge >= 0.3 is 5.69 Å². The molecule has 0 unspecified atom stereocenters. The van der Waals surface area contributed by atoms with Crippen molar-refractivity contribution >= 4 is 23.7 Å². The number of benzene rings is 2. The number of rotatable bonds is 11. The lowest BCUT2D eigenvalue weighted by atomic mass is 10.1. The second-order valence-electron chi connectivity index (χ2n) is 6.41. The van der Waals surface area contributed by atoms with E-state index in [0.717, 1.165) is 0 Å². The fourth-order valence-corrected chi connectivity index (χ4v) is 2.84. The number of methoxy groups -OCH3 is 5. The highest BCUT2D eigenvalue weighted by molar-refractivity contribution is 5.97. The third-order valence-corrected chi connectivity index (χ3v) is 4.46. The van der Waals surface area contributed by atoms with E-state index in [2.05, 4.69) is 15.8 Å². The van der Waals surface area contributed by atoms with Crippen LogP contribution in [-0.2, 0) is 4.79 Å². The fourth-order valence-electron chi connectivity index (χ4n) is 2.84. The summed E-state index contributed by atoms with van der Waals surface area (Å²) in [7, 11) is 6.93. The maximum atomic E-state index is 12.5. The summed E-state index contributed by atoms with van der Waals surface area (Å²) in [6.07, 6.45) is 1.17. The Morgan fingerprint density at radius 3 is 2.00 bits per heavy atom. The van der Waals surface area contributed by atoms with Gasteiger partial charge in [0.15, 0.2) is 11.5 Å². The summed E-state index contributed by atoms with van der Waals surface area (Å²) in [5.41, 5.74) is 2.34. The highest BCUT2D eigenvalue weighted by Gasteiger charge is 2.19. The minimum Gasteiger partial charge on any atom is -0.496 e. The summed E-state index contributed by atoms with van der Waals surface area (Å²) in [6.45, 7) is -0.396. The molecule has 0 aromatic heterocycles. The van der Waals surface area contributed by atoms with E-state index in [1.807, 2.05) is 0 Å². The summed E-state index contributed by atoms with van der Waals surface area (Å²) in [6, 6.07) is 5.41. The molecule has 13 heteroatoms. The number of amides is 2. The molecule has 0 atom stereocenters. The standard InChI is InChI=1S/C21H24N4O9/c1-30-15-9-16(31-2)14(25(28)29)6-13(15)10-23-24-19(26)11-22-21(27)12-7-17(32-3)20(34-5)18(8-12)33-4/h6-10H,11H2,1-5H3,(H,22,27)(H,24,26). The number of ether oxygens (including phenoxy) is 5. The third kappa shape index (κ3) is 6.03. The highest BCUT2D eigenvalue weighted by Crippen LogP contribution is 2.38. The normalized spacial score (nSPS) is 10.4. The van der Waals surface area contributed by atoms with Crippen molar-refractivity contribution in [3.05, 3.63) is 45.5 Å². The van der Waals surface area contributed by atoms with Crippen molar-refractivity contribution in [2.75, 3.05) is 42.1 Å². The first-order valence-corrected chi connectivity index (χ1v) is 9.60. The van der Waals surface area contributed by atoms with Crippen LogP contribution in [0.15, 0.2) is 29.4 Å². The number of nitrogens with zero attached hydrogens (tertiary/aromatic N) is 2. The zero-order valence-corrected chi connectivity index (χ0v) is 19.2. The van der Waals surface area contributed by atoms with Crippen LogP contribution >= 0.6 is 0 Å². The van der Waals surface area contributed by atoms with Crippen LogP contribution in [0.5, 0.6) is 28.7 Å². The highest BCUT2D eigenvalue weighted by atomic mass is 16.6. The average Bonchev–Trinajstić information content (AvgIpc) is 2.85. The Labute approximate surface area is 194 Å². The third-order valence-electron chi connectivity index (χ3n) is 4.46. The predicted octanol–water partition coefficient (Wildman–Crippen LogP) is 1.52. The summed E-state index contributed by atoms with van der Waals surface area (Å²) in [5, 5.41) is 17.4. The molecule has 0 aliphatic rings. The molecule has 2 N–H and O–H groups in total. The Balaban J connectivity index is 2.06. The van der Waals surface area contributed by atoms with Gasteiger partial charge in [0.25, 0.3) is 11.8 Å². The zero-order chi connectivity index (χ0) is 25.3. The summed E-state index contributed by atoms with van der Waals surface area (Å²) < 4.78 is 25.8. The van der Waals surface area contributed by atoms with Crippen LogP contribution in [-0.4, -0.2) is 65.0 Å². The lowest BCUT2D eigenvalue weighted by molar-refractivity contribution is -0.385. The molecule has 0 heterocycles. The van der Waals surface area contributed by atoms with E-state index in [1.54, 1.807) is 0 Å². The maximum Gasteiger partial charge on any atom is 0.311 e. The first kappa shape index (κ1) is 25.7. The van der Waals surface area contributed by atoms with Gasteiger partial charge in [0, 0.05) is 23.3 Å². The van der Waals surface area contributed by atoms with Gasteiger partial charge in [-0.25, -0.2) is 5.43 Å². The van der Waals surface area contributed by atoms with E-state index in [4.69, 9.17) is 23.7 Å². The van der Waals surface area contributed by atoms with Gasteiger partial charge in [-0.15, -0.1) is 0 Å². The van der Waals surface area contributed by atoms with Crippen molar-refractivity contribution < 1.29 is 38.2 Å². The predicted molar refractivity (Wildman–Crippen MR) is 120 cm³/mol. The second-order valence-corrected chi connectivity index (χ2v) is 6.41. The van der Waals surface area contributed by atoms with Crippen LogP contribution in [0.25, 0.3) is 0 Å². The van der Waals surface area contributed by atoms with E-state index in [-0.39, 0.29) is 39.8 Å². The number of hydrogen-bond acceptors (Lipinski definition) is 10. The SMILES string of the molecule is COc1cc(OC)c([N+](=O)[O-])cc1C=NNC(=O)CNC(=O)c1cc(OC)c(OC)c(OC)c1. The van der Waals surface area contributed by atoms with Crippen molar-refractivity contribution in [2.24, 2.45) is 5.10 Å². The molecule has 2 rings (SSSR count). The molecule has 182 valence electrons. The Kier molecular flexibility index (Phi) is 9.00. The molecule has 13 nitrogen and oxygen atoms in total. The molecular formula is C21H24N4O9. The molecule has 34 heavy (non-hydrogen) atoms. The lowest BCUT2D eigenvalue weighted by Gasteiger charge is -2.14. The van der Waals surface area contributed by atoms with E-state index < -0.39 is 23.3 Å². The smallest absolute Gasteiger partial charge is 0.311 e. The van der Waals surface area contributed by atoms with E-state index in [0.29, 0.717) is 5.75 Å². The number of nitro benzene ring substituents is 1. The molecule has 2 aromatic rings. The van der Waals surface area contributed by atoms with Crippen molar-refractivity contribution in [2.45, 2.75) is 0 Å². The lowest BCUT2D eigenvalue weighted by Crippen LogP contribution is -2.35. The molecule has 0 fully saturated rings. The van der Waals surface area contributed by atoms with E-state index in [1.165, 1.54) is 66.0 Å². The average molecular weight is 476 g/mol. The van der Waals surface area contributed by atoms with Crippen LogP contribution in [0.2, 0.25) is 0 Å². The molecule has 0 radical (unpaired) electrons. The minimum atomic E-state index is -0.640. The molecule has 0 bridgehead atoms. The topological polar surface area (TPSA) is 160 Å². The number of hydrogen-bond donors (Lipinski definition) is 2. The fraction of sp³-hybridized carbons (Fsp3) is 0.286. The van der Waals surface area contributed by atoms with Gasteiger partial charge in [-0.2, -0.15) is 5.10 Å². The summed E-state index contributed by atoms with van der Waals surface area (Å²) >= 11 is 0. The van der Waals surface area contributed by atoms with Crippen molar-refractivity contribution in [1.29, 1.82) is 0 Å². The zero-order valence-electron chi connectivity index (χ0n) is 19.2. The molecule has 0 aliphatic heterocycles. The van der Waals surface area contributed by atoms with Gasteiger partial charge in [-0.3, -0.25) is 19.7 Å². The van der Waals surface area contributed by atoms with Gasteiger partial charge in [0.05, 0.1) is 53.2 Å². The van der Waals surface area contributed by atoms with Gasteiger partial charge in [0.2, 0.25) is 11.5 Å². The van der Waals surface area contributed by atoms with Crippen LogP contribution in [0.4, 0.5) is 5.69 Å². The Morgan fingerprint density at radius 2 is 1.50 bits per heavy atom. The van der Waals surface area contributed by atoms with Gasteiger partial charge in [0.1, 0.15) is 5.75 Å². The minimum absolute atomic E-state index is 0.0116. The van der Waals surface area contributed by atoms with Crippen LogP contribution < -0.4 is 34.4 Å². The largest absolute Gasteiger partial charge is 0.496 e. The quantitative estimate of drug-likeness (QED) is 0.278. The molecule has 0 aliphatic carbocycles. The van der Waals surface area contributed by atoms with Gasteiger partial charge < -0.3 is 29.0 Å². The molecule has 0 saturated heterocycles. The second kappa shape index (κ2) is 11.9. The number of nitrogens with one attached hydrogen (secondary N) is 2. The molecule has 2 aromatic carbocycles. The summed E-state index contributed by atoms with van der Waals surface area (Å²) in [4.78, 5) is 35.1. The Bertz CT molecular complexity index is 1080. The van der Waals surface area contributed by atoms with Crippen molar-refractivity contribution in [1.82, 2.24) is 10.7 Å². The van der Waals surface area contributed by atoms with Crippen molar-refractivity contribution in [3.63, 3.8) is 0 Å². The van der Waals surface area contributed by atoms with Crippen LogP contribution in [0.3, 0.4) is 0 Å². The Morgan fingerprint density at radius 1 is 0.912 bits per heavy atom. The molecule has 2 amide bonds. The molecular weight excluding hydrogens is 452 g/mol. The van der Waals surface area contributed by atoms with Crippen LogP contribution in [0.1, 0.15) is 15.9 Å². The Hall–Kier alpha value is -4.55. The van der Waals surface area contributed by atoms with Gasteiger partial charge in [-0.05, 0) is 12.1 Å². The summed E-state index contributed by atoms with van der Waals surface area (Å²) in [5.74, 6) is -0.0615. The van der Waals surface area contributed by atoms with E-state index in [9.17, 15) is 19.7 Å². The number of hydrazone groups is 1. The van der Waals surface area contributed by atoms with Crippen molar-refractivity contribution in [3.8, 4) is 28.7 Å². The first-order chi connectivity index (χ1) is 16.3. The maximum absolute atomic E-state index is 12.5. The first-order valence-electron chi connectivity index (χ1n) is 9.60. The number of nitro groups is 1.